The minimum absolute atomic E-state index is 0.0587. The van der Waals surface area contributed by atoms with Crippen molar-refractivity contribution >= 4 is 23.3 Å². The SMILES string of the molecule is C=C[C@@H]1CC1(N=C(c1ccccc1)c1ccccc1NC(=O)C1CCCN1Cc1ccccc1)C(=O)O. The van der Waals surface area contributed by atoms with Crippen LogP contribution in [0.1, 0.15) is 36.0 Å². The summed E-state index contributed by atoms with van der Waals surface area (Å²) in [7, 11) is 0. The summed E-state index contributed by atoms with van der Waals surface area (Å²) in [6, 6.07) is 27.0. The molecular weight excluding hydrogens is 462 g/mol. The number of rotatable bonds is 9. The first-order valence-corrected chi connectivity index (χ1v) is 12.7. The Morgan fingerprint density at radius 1 is 1.03 bits per heavy atom. The van der Waals surface area contributed by atoms with Gasteiger partial charge < -0.3 is 10.4 Å². The number of anilines is 1. The van der Waals surface area contributed by atoms with Crippen molar-refractivity contribution < 1.29 is 14.7 Å². The van der Waals surface area contributed by atoms with Crippen LogP contribution in [-0.2, 0) is 16.1 Å². The van der Waals surface area contributed by atoms with Crippen LogP contribution >= 0.6 is 0 Å². The number of aliphatic imine (C=N–C) groups is 1. The highest BCUT2D eigenvalue weighted by molar-refractivity contribution is 6.18. The maximum Gasteiger partial charge on any atom is 0.332 e. The van der Waals surface area contributed by atoms with Gasteiger partial charge in [0, 0.05) is 23.6 Å². The lowest BCUT2D eigenvalue weighted by Crippen LogP contribution is -2.39. The van der Waals surface area contributed by atoms with E-state index in [-0.39, 0.29) is 17.9 Å². The fraction of sp³-hybridized carbons (Fsp3) is 0.258. The topological polar surface area (TPSA) is 82.0 Å². The van der Waals surface area contributed by atoms with Gasteiger partial charge in [0.05, 0.1) is 17.4 Å². The van der Waals surface area contributed by atoms with Crippen LogP contribution in [0, 0.1) is 5.92 Å². The Morgan fingerprint density at radius 2 is 1.70 bits per heavy atom. The van der Waals surface area contributed by atoms with Gasteiger partial charge in [-0.1, -0.05) is 84.9 Å². The summed E-state index contributed by atoms with van der Waals surface area (Å²) in [5.74, 6) is -1.25. The Kier molecular flexibility index (Phi) is 7.01. The minimum Gasteiger partial charge on any atom is -0.479 e. The van der Waals surface area contributed by atoms with Crippen molar-refractivity contribution in [2.75, 3.05) is 11.9 Å². The van der Waals surface area contributed by atoms with Gasteiger partial charge in [0.2, 0.25) is 5.91 Å². The molecule has 5 rings (SSSR count). The van der Waals surface area contributed by atoms with E-state index in [1.165, 1.54) is 5.56 Å². The molecule has 3 atom stereocenters. The van der Waals surface area contributed by atoms with E-state index in [0.717, 1.165) is 31.5 Å². The molecule has 0 radical (unpaired) electrons. The van der Waals surface area contributed by atoms with E-state index in [1.54, 1.807) is 6.08 Å². The van der Waals surface area contributed by atoms with Crippen LogP contribution in [0.3, 0.4) is 0 Å². The first kappa shape index (κ1) is 24.7. The second-order valence-corrected chi connectivity index (χ2v) is 9.75. The van der Waals surface area contributed by atoms with Gasteiger partial charge in [-0.15, -0.1) is 6.58 Å². The number of carboxylic acid groups (broad SMARTS) is 1. The van der Waals surface area contributed by atoms with Crippen LogP contribution in [0.25, 0.3) is 0 Å². The third kappa shape index (κ3) is 5.11. The second kappa shape index (κ2) is 10.5. The molecule has 2 aliphatic rings. The molecule has 0 bridgehead atoms. The number of nitrogens with one attached hydrogen (secondary N) is 1. The van der Waals surface area contributed by atoms with Gasteiger partial charge in [0.15, 0.2) is 5.54 Å². The molecule has 1 aliphatic heterocycles. The number of nitrogens with zero attached hydrogens (tertiary/aromatic N) is 2. The third-order valence-corrected chi connectivity index (χ3v) is 7.33. The molecular formula is C31H31N3O3. The Morgan fingerprint density at radius 3 is 2.38 bits per heavy atom. The van der Waals surface area contributed by atoms with Gasteiger partial charge in [-0.05, 0) is 37.4 Å². The van der Waals surface area contributed by atoms with Crippen LogP contribution in [0.5, 0.6) is 0 Å². The van der Waals surface area contributed by atoms with Gasteiger partial charge in [-0.3, -0.25) is 14.7 Å². The Hall–Kier alpha value is -4.03. The maximum atomic E-state index is 13.5. The fourth-order valence-electron chi connectivity index (χ4n) is 5.20. The zero-order valence-electron chi connectivity index (χ0n) is 20.7. The molecule has 1 heterocycles. The first-order valence-electron chi connectivity index (χ1n) is 12.7. The van der Waals surface area contributed by atoms with Crippen LogP contribution in [0.15, 0.2) is 103 Å². The van der Waals surface area contributed by atoms with E-state index in [9.17, 15) is 14.7 Å². The lowest BCUT2D eigenvalue weighted by Gasteiger charge is -2.24. The van der Waals surface area contributed by atoms with E-state index < -0.39 is 11.5 Å². The van der Waals surface area contributed by atoms with Crippen LogP contribution in [-0.4, -0.2) is 45.7 Å². The van der Waals surface area contributed by atoms with E-state index in [2.05, 4.69) is 28.9 Å². The maximum absolute atomic E-state index is 13.5. The third-order valence-electron chi connectivity index (χ3n) is 7.33. The second-order valence-electron chi connectivity index (χ2n) is 9.75. The number of likely N-dealkylation sites (tertiary alicyclic amines) is 1. The number of para-hydroxylation sites is 1. The molecule has 3 aromatic carbocycles. The number of carbonyl (C=O) groups excluding carboxylic acids is 1. The molecule has 0 aromatic heterocycles. The van der Waals surface area contributed by atoms with Crippen LogP contribution < -0.4 is 5.32 Å². The van der Waals surface area contributed by atoms with Gasteiger partial charge in [-0.2, -0.15) is 0 Å². The predicted molar refractivity (Wildman–Crippen MR) is 146 cm³/mol. The largest absolute Gasteiger partial charge is 0.479 e. The summed E-state index contributed by atoms with van der Waals surface area (Å²) in [5, 5.41) is 13.2. The zero-order valence-corrected chi connectivity index (χ0v) is 20.7. The average molecular weight is 494 g/mol. The highest BCUT2D eigenvalue weighted by atomic mass is 16.4. The van der Waals surface area contributed by atoms with Crippen LogP contribution in [0.4, 0.5) is 5.69 Å². The van der Waals surface area contributed by atoms with Crippen molar-refractivity contribution in [2.45, 2.75) is 37.4 Å². The highest BCUT2D eigenvalue weighted by Crippen LogP contribution is 2.49. The highest BCUT2D eigenvalue weighted by Gasteiger charge is 2.60. The van der Waals surface area contributed by atoms with Crippen molar-refractivity contribution in [1.29, 1.82) is 0 Å². The number of hydrogen-bond donors (Lipinski definition) is 2. The van der Waals surface area contributed by atoms with E-state index in [1.807, 2.05) is 72.8 Å². The molecule has 6 heteroatoms. The lowest BCUT2D eigenvalue weighted by atomic mass is 9.99. The number of aliphatic carboxylic acids is 1. The molecule has 0 spiro atoms. The van der Waals surface area contributed by atoms with Crippen molar-refractivity contribution in [2.24, 2.45) is 10.9 Å². The molecule has 1 saturated heterocycles. The van der Waals surface area contributed by atoms with Gasteiger partial charge in [0.25, 0.3) is 0 Å². The molecule has 2 unspecified atom stereocenters. The molecule has 2 N–H and O–H groups in total. The minimum atomic E-state index is -1.23. The van der Waals surface area contributed by atoms with E-state index >= 15 is 0 Å². The molecule has 1 saturated carbocycles. The number of carbonyl (C=O) groups is 2. The van der Waals surface area contributed by atoms with Crippen molar-refractivity contribution in [1.82, 2.24) is 4.90 Å². The molecule has 3 aromatic rings. The summed E-state index contributed by atoms with van der Waals surface area (Å²) in [6.45, 7) is 5.39. The zero-order chi connectivity index (χ0) is 25.8. The molecule has 1 amide bonds. The fourth-order valence-corrected chi connectivity index (χ4v) is 5.20. The summed E-state index contributed by atoms with van der Waals surface area (Å²) in [6.07, 6.45) is 3.83. The van der Waals surface area contributed by atoms with Crippen molar-refractivity contribution in [3.05, 3.63) is 114 Å². The Balaban J connectivity index is 1.46. The van der Waals surface area contributed by atoms with Crippen molar-refractivity contribution in [3.63, 3.8) is 0 Å². The smallest absolute Gasteiger partial charge is 0.332 e. The number of hydrogen-bond acceptors (Lipinski definition) is 4. The van der Waals surface area contributed by atoms with Gasteiger partial charge >= 0.3 is 5.97 Å². The Labute approximate surface area is 217 Å². The van der Waals surface area contributed by atoms with Gasteiger partial charge in [0.1, 0.15) is 0 Å². The predicted octanol–water partition coefficient (Wildman–Crippen LogP) is 5.16. The van der Waals surface area contributed by atoms with E-state index in [0.29, 0.717) is 23.4 Å². The van der Waals surface area contributed by atoms with Crippen LogP contribution in [0.2, 0.25) is 0 Å². The normalized spacial score (nSPS) is 23.4. The lowest BCUT2D eigenvalue weighted by molar-refractivity contribution is -0.139. The number of benzene rings is 3. The molecule has 188 valence electrons. The number of carboxylic acids is 1. The summed E-state index contributed by atoms with van der Waals surface area (Å²) >= 11 is 0. The molecule has 1 aliphatic carbocycles. The summed E-state index contributed by atoms with van der Waals surface area (Å²) in [5.41, 5.74) is 2.62. The van der Waals surface area contributed by atoms with E-state index in [4.69, 9.17) is 4.99 Å². The summed E-state index contributed by atoms with van der Waals surface area (Å²) in [4.78, 5) is 32.8. The van der Waals surface area contributed by atoms with Crippen molar-refractivity contribution in [3.8, 4) is 0 Å². The monoisotopic (exact) mass is 493 g/mol. The van der Waals surface area contributed by atoms with Gasteiger partial charge in [-0.25, -0.2) is 4.79 Å². The summed E-state index contributed by atoms with van der Waals surface area (Å²) < 4.78 is 0. The molecule has 37 heavy (non-hydrogen) atoms. The number of amides is 1. The standard InChI is InChI=1S/C31H31N3O3/c1-2-24-20-31(24,30(36)37)33-28(23-14-7-4-8-15-23)25-16-9-10-17-26(25)32-29(35)27-18-11-19-34(27)21-22-12-5-3-6-13-22/h2-10,12-17,24,27H,1,11,18-21H2,(H,32,35)(H,36,37)/t24-,27?,31?/m1/s1. The average Bonchev–Trinajstić information content (AvgIpc) is 3.47. The first-order chi connectivity index (χ1) is 18.0. The quantitative estimate of drug-likeness (QED) is 0.319. The molecule has 2 fully saturated rings. The Bertz CT molecular complexity index is 1320. The molecule has 6 nitrogen and oxygen atoms in total.